The van der Waals surface area contributed by atoms with E-state index in [1.165, 1.54) is 24.3 Å². The number of nitrogen functional groups attached to an aromatic ring is 1. The van der Waals surface area contributed by atoms with Crippen molar-refractivity contribution in [2.75, 3.05) is 10.5 Å². The number of fused-ring (bicyclic) bond motifs is 1. The molecule has 4 rings (SSSR count). The van der Waals surface area contributed by atoms with E-state index in [9.17, 15) is 18.0 Å². The molecule has 0 fully saturated rings. The number of hydrogen-bond acceptors (Lipinski definition) is 9. The Balaban J connectivity index is 1.60. The summed E-state index contributed by atoms with van der Waals surface area (Å²) >= 11 is 0. The maximum absolute atomic E-state index is 12.6. The Morgan fingerprint density at radius 2 is 1.69 bits per heavy atom. The Morgan fingerprint density at radius 3 is 2.34 bits per heavy atom. The third-order valence-corrected chi connectivity index (χ3v) is 5.60. The Hall–Kier alpha value is -4.33. The second-order valence-electron chi connectivity index (χ2n) is 6.81. The number of aromatic nitrogens is 5. The van der Waals surface area contributed by atoms with Gasteiger partial charge in [-0.1, -0.05) is 0 Å². The van der Waals surface area contributed by atoms with Gasteiger partial charge in [0.1, 0.15) is 5.82 Å². The molecule has 0 amide bonds. The van der Waals surface area contributed by atoms with Crippen molar-refractivity contribution in [2.24, 2.45) is 10.2 Å². The number of nitrogens with two attached hydrogens (primary N) is 1. The van der Waals surface area contributed by atoms with Crippen molar-refractivity contribution in [3.8, 4) is 0 Å². The Morgan fingerprint density at radius 1 is 1.03 bits per heavy atom. The molecule has 13 nitrogen and oxygen atoms in total. The van der Waals surface area contributed by atoms with Crippen LogP contribution in [0.1, 0.15) is 11.4 Å². The number of hydrogen-bond donors (Lipinski definition) is 4. The molecular weight excluding hydrogens is 438 g/mol. The highest BCUT2D eigenvalue weighted by atomic mass is 32.2. The van der Waals surface area contributed by atoms with Crippen LogP contribution >= 0.6 is 0 Å². The molecule has 164 valence electrons. The standard InChI is InChI=1S/C18H17N9O4S/c1-9-7-10(2)21-18(20-9)26-32(30,31)12-5-3-11(4-6-12)23-24-15-16-22-13(19)8-14(28)27(16)25-17(15)29/h3-8,22H,19H2,1-2H3,(H,25,29)(H,20,21,26). The van der Waals surface area contributed by atoms with Crippen molar-refractivity contribution in [2.45, 2.75) is 18.7 Å². The first kappa shape index (κ1) is 20.9. The molecule has 0 saturated carbocycles. The van der Waals surface area contributed by atoms with Gasteiger partial charge in [-0.05, 0) is 44.2 Å². The number of aryl methyl sites for hydroxylation is 2. The van der Waals surface area contributed by atoms with Gasteiger partial charge in [0.25, 0.3) is 21.1 Å². The molecule has 1 aromatic carbocycles. The zero-order valence-corrected chi connectivity index (χ0v) is 17.6. The van der Waals surface area contributed by atoms with Gasteiger partial charge in [-0.25, -0.2) is 23.1 Å². The molecule has 0 saturated heterocycles. The van der Waals surface area contributed by atoms with E-state index >= 15 is 0 Å². The van der Waals surface area contributed by atoms with Crippen LogP contribution in [0.2, 0.25) is 0 Å². The third kappa shape index (κ3) is 4.11. The SMILES string of the molecule is Cc1cc(C)nc(NS(=O)(=O)c2ccc(N=Nc3c(=O)[nH]n4c(=O)cc(N)[nH]c34)cc2)n1. The number of H-pyrrole nitrogens is 2. The number of azo groups is 1. The van der Waals surface area contributed by atoms with E-state index in [1.807, 2.05) is 0 Å². The molecule has 14 heteroatoms. The summed E-state index contributed by atoms with van der Waals surface area (Å²) in [6.45, 7) is 3.46. The monoisotopic (exact) mass is 455 g/mol. The van der Waals surface area contributed by atoms with Crippen LogP contribution in [-0.2, 0) is 10.0 Å². The van der Waals surface area contributed by atoms with Crippen molar-refractivity contribution >= 4 is 38.8 Å². The molecule has 0 atom stereocenters. The highest BCUT2D eigenvalue weighted by molar-refractivity contribution is 7.92. The third-order valence-electron chi connectivity index (χ3n) is 4.26. The van der Waals surface area contributed by atoms with Gasteiger partial charge in [-0.2, -0.15) is 9.63 Å². The number of aromatic amines is 2. The first-order valence-corrected chi connectivity index (χ1v) is 10.6. The molecule has 3 aromatic heterocycles. The summed E-state index contributed by atoms with van der Waals surface area (Å²) in [6.07, 6.45) is 0. The van der Waals surface area contributed by atoms with Crippen molar-refractivity contribution in [1.82, 2.24) is 24.6 Å². The molecular formula is C18H17N9O4S. The lowest BCUT2D eigenvalue weighted by Gasteiger charge is -2.08. The van der Waals surface area contributed by atoms with Gasteiger partial charge in [0.15, 0.2) is 11.3 Å². The molecule has 0 unspecified atom stereocenters. The van der Waals surface area contributed by atoms with E-state index in [0.717, 1.165) is 10.6 Å². The zero-order chi connectivity index (χ0) is 23.0. The van der Waals surface area contributed by atoms with Crippen LogP contribution in [0.15, 0.2) is 61.1 Å². The minimum atomic E-state index is -3.93. The summed E-state index contributed by atoms with van der Waals surface area (Å²) < 4.78 is 28.5. The van der Waals surface area contributed by atoms with E-state index in [2.05, 4.69) is 35.0 Å². The van der Waals surface area contributed by atoms with Gasteiger partial charge in [0.05, 0.1) is 10.6 Å². The smallest absolute Gasteiger partial charge is 0.294 e. The summed E-state index contributed by atoms with van der Waals surface area (Å²) in [4.78, 5) is 34.7. The van der Waals surface area contributed by atoms with Gasteiger partial charge in [-0.15, -0.1) is 5.11 Å². The number of anilines is 2. The fourth-order valence-corrected chi connectivity index (χ4v) is 3.86. The Labute approximate surface area is 180 Å². The Bertz CT molecular complexity index is 1560. The molecule has 5 N–H and O–H groups in total. The van der Waals surface area contributed by atoms with Crippen LogP contribution in [-0.4, -0.2) is 33.0 Å². The van der Waals surface area contributed by atoms with Crippen LogP contribution in [0.25, 0.3) is 5.65 Å². The normalized spacial score (nSPS) is 11.9. The first-order chi connectivity index (χ1) is 15.1. The van der Waals surface area contributed by atoms with E-state index in [1.54, 1.807) is 19.9 Å². The first-order valence-electron chi connectivity index (χ1n) is 9.13. The molecule has 0 spiro atoms. The summed E-state index contributed by atoms with van der Waals surface area (Å²) in [6, 6.07) is 8.29. The average Bonchev–Trinajstić information content (AvgIpc) is 3.01. The van der Waals surface area contributed by atoms with E-state index < -0.39 is 21.1 Å². The van der Waals surface area contributed by atoms with Crippen LogP contribution in [0.4, 0.5) is 23.1 Å². The van der Waals surface area contributed by atoms with Gasteiger partial charge < -0.3 is 10.7 Å². The topological polar surface area (TPSA) is 193 Å². The van der Waals surface area contributed by atoms with E-state index in [4.69, 9.17) is 5.73 Å². The number of nitrogens with one attached hydrogen (secondary N) is 3. The van der Waals surface area contributed by atoms with Crippen LogP contribution in [0, 0.1) is 13.8 Å². The largest absolute Gasteiger partial charge is 0.385 e. The average molecular weight is 455 g/mol. The minimum absolute atomic E-state index is 0.0284. The van der Waals surface area contributed by atoms with Gasteiger partial charge >= 0.3 is 0 Å². The van der Waals surface area contributed by atoms with Crippen LogP contribution in [0.5, 0.6) is 0 Å². The van der Waals surface area contributed by atoms with Crippen LogP contribution in [0.3, 0.4) is 0 Å². The molecule has 0 aliphatic carbocycles. The second kappa shape index (κ2) is 7.73. The lowest BCUT2D eigenvalue weighted by atomic mass is 10.3. The zero-order valence-electron chi connectivity index (χ0n) is 16.8. The number of rotatable bonds is 5. The van der Waals surface area contributed by atoms with Crippen molar-refractivity contribution in [1.29, 1.82) is 0 Å². The highest BCUT2D eigenvalue weighted by Gasteiger charge is 2.16. The van der Waals surface area contributed by atoms with E-state index in [-0.39, 0.29) is 33.7 Å². The summed E-state index contributed by atoms with van der Waals surface area (Å²) in [5.41, 5.74) is 5.86. The molecule has 0 aliphatic heterocycles. The summed E-state index contributed by atoms with van der Waals surface area (Å²) in [5, 5.41) is 10.1. The lowest BCUT2D eigenvalue weighted by molar-refractivity contribution is 0.601. The maximum Gasteiger partial charge on any atom is 0.294 e. The fraction of sp³-hybridized carbons (Fsp3) is 0.111. The quantitative estimate of drug-likeness (QED) is 0.327. The number of nitrogens with zero attached hydrogens (tertiary/aromatic N) is 5. The predicted molar refractivity (Wildman–Crippen MR) is 116 cm³/mol. The Kier molecular flexibility index (Phi) is 5.06. The molecule has 32 heavy (non-hydrogen) atoms. The maximum atomic E-state index is 12.6. The number of sulfonamides is 1. The molecule has 0 aliphatic rings. The van der Waals surface area contributed by atoms with E-state index in [0.29, 0.717) is 11.4 Å². The van der Waals surface area contributed by atoms with Gasteiger partial charge in [0.2, 0.25) is 5.95 Å². The fourth-order valence-electron chi connectivity index (χ4n) is 2.92. The van der Waals surface area contributed by atoms with Crippen molar-refractivity contribution in [3.05, 3.63) is 68.5 Å². The summed E-state index contributed by atoms with van der Waals surface area (Å²) in [7, 11) is -3.93. The number of benzene rings is 1. The molecule has 4 aromatic rings. The molecule has 0 bridgehead atoms. The lowest BCUT2D eigenvalue weighted by Crippen LogP contribution is -2.16. The predicted octanol–water partition coefficient (Wildman–Crippen LogP) is 1.52. The highest BCUT2D eigenvalue weighted by Crippen LogP contribution is 2.21. The van der Waals surface area contributed by atoms with Crippen LogP contribution < -0.4 is 21.6 Å². The second-order valence-corrected chi connectivity index (χ2v) is 8.49. The van der Waals surface area contributed by atoms with Crippen molar-refractivity contribution < 1.29 is 8.42 Å². The van der Waals surface area contributed by atoms with Crippen molar-refractivity contribution in [3.63, 3.8) is 0 Å². The van der Waals surface area contributed by atoms with Gasteiger partial charge in [0, 0.05) is 17.5 Å². The molecule has 0 radical (unpaired) electrons. The van der Waals surface area contributed by atoms with Gasteiger partial charge in [-0.3, -0.25) is 14.7 Å². The minimum Gasteiger partial charge on any atom is -0.385 e. The summed E-state index contributed by atoms with van der Waals surface area (Å²) in [5.74, 6) is 0.0274. The molecule has 3 heterocycles.